The van der Waals surface area contributed by atoms with Gasteiger partial charge in [-0.05, 0) is 11.6 Å². The lowest BCUT2D eigenvalue weighted by Crippen LogP contribution is -2.27. The molecule has 1 N–H and O–H groups in total. The van der Waals surface area contributed by atoms with Crippen molar-refractivity contribution < 1.29 is 9.53 Å². The first-order chi connectivity index (χ1) is 7.65. The van der Waals surface area contributed by atoms with Gasteiger partial charge in [0.15, 0.2) is 0 Å². The summed E-state index contributed by atoms with van der Waals surface area (Å²) in [5, 5.41) is 3.91. The van der Waals surface area contributed by atoms with Gasteiger partial charge in [-0.3, -0.25) is 4.79 Å². The average molecular weight is 242 g/mol. The second-order valence-corrected chi connectivity index (χ2v) is 4.05. The van der Waals surface area contributed by atoms with Gasteiger partial charge in [-0.2, -0.15) is 0 Å². The van der Waals surface area contributed by atoms with Crippen LogP contribution >= 0.6 is 11.6 Å². The number of carbonyl (C=O) groups excluding carboxylic acids is 1. The minimum Gasteiger partial charge on any atom is -0.469 e. The molecular weight excluding hydrogens is 226 g/mol. The summed E-state index contributed by atoms with van der Waals surface area (Å²) in [7, 11) is 1.40. The minimum absolute atomic E-state index is 0.146. The van der Waals surface area contributed by atoms with Crippen LogP contribution in [0.5, 0.6) is 0 Å². The third-order valence-electron chi connectivity index (χ3n) is 2.33. The fraction of sp³-hybridized carbons (Fsp3) is 0.417. The van der Waals surface area contributed by atoms with E-state index < -0.39 is 0 Å². The number of esters is 1. The van der Waals surface area contributed by atoms with Crippen LogP contribution in [0, 0.1) is 5.92 Å². The predicted octanol–water partition coefficient (Wildman–Crippen LogP) is 2.24. The Morgan fingerprint density at radius 1 is 1.50 bits per heavy atom. The van der Waals surface area contributed by atoms with E-state index >= 15 is 0 Å². The molecule has 1 atom stereocenters. The molecule has 88 valence electrons. The number of halogens is 1. The topological polar surface area (TPSA) is 38.3 Å². The molecule has 1 rings (SSSR count). The molecule has 0 aliphatic rings. The van der Waals surface area contributed by atoms with Crippen molar-refractivity contribution in [2.24, 2.45) is 5.92 Å². The number of hydrogen-bond acceptors (Lipinski definition) is 3. The zero-order valence-corrected chi connectivity index (χ0v) is 10.3. The molecule has 0 aliphatic heterocycles. The molecule has 0 saturated heterocycles. The SMILES string of the molecule is COC(=O)[C@H](C)CNCc1ccccc1Cl. The minimum atomic E-state index is -0.202. The second kappa shape index (κ2) is 6.51. The standard InChI is InChI=1S/C12H16ClNO2/c1-9(12(15)16-2)7-14-8-10-5-3-4-6-11(10)13/h3-6,9,14H,7-8H2,1-2H3/t9-/m1/s1. The summed E-state index contributed by atoms with van der Waals surface area (Å²) in [5.41, 5.74) is 1.03. The summed E-state index contributed by atoms with van der Waals surface area (Å²) < 4.78 is 4.63. The summed E-state index contributed by atoms with van der Waals surface area (Å²) in [5.74, 6) is -0.348. The van der Waals surface area contributed by atoms with E-state index in [2.05, 4.69) is 10.1 Å². The van der Waals surface area contributed by atoms with Crippen molar-refractivity contribution in [2.75, 3.05) is 13.7 Å². The molecule has 16 heavy (non-hydrogen) atoms. The Morgan fingerprint density at radius 3 is 2.81 bits per heavy atom. The number of methoxy groups -OCH3 is 1. The number of hydrogen-bond donors (Lipinski definition) is 1. The van der Waals surface area contributed by atoms with Gasteiger partial charge in [0, 0.05) is 18.1 Å². The van der Waals surface area contributed by atoms with Crippen LogP contribution in [0.25, 0.3) is 0 Å². The van der Waals surface area contributed by atoms with Gasteiger partial charge >= 0.3 is 5.97 Å². The summed E-state index contributed by atoms with van der Waals surface area (Å²) in [6.45, 7) is 3.06. The Bertz CT molecular complexity index is 355. The van der Waals surface area contributed by atoms with E-state index in [1.54, 1.807) is 0 Å². The molecule has 0 radical (unpaired) electrons. The molecule has 0 bridgehead atoms. The van der Waals surface area contributed by atoms with E-state index in [9.17, 15) is 4.79 Å². The van der Waals surface area contributed by atoms with Crippen LogP contribution < -0.4 is 5.32 Å². The van der Waals surface area contributed by atoms with Crippen LogP contribution in [0.4, 0.5) is 0 Å². The number of nitrogens with one attached hydrogen (secondary N) is 1. The van der Waals surface area contributed by atoms with E-state index in [1.165, 1.54) is 7.11 Å². The third kappa shape index (κ3) is 3.83. The molecule has 3 nitrogen and oxygen atoms in total. The maximum absolute atomic E-state index is 11.1. The molecule has 0 spiro atoms. The van der Waals surface area contributed by atoms with Gasteiger partial charge in [0.25, 0.3) is 0 Å². The lowest BCUT2D eigenvalue weighted by Gasteiger charge is -2.11. The Morgan fingerprint density at radius 2 is 2.19 bits per heavy atom. The summed E-state index contributed by atoms with van der Waals surface area (Å²) in [6.07, 6.45) is 0. The quantitative estimate of drug-likeness (QED) is 0.804. The molecule has 0 fully saturated rings. The van der Waals surface area contributed by atoms with Crippen LogP contribution in [0.2, 0.25) is 5.02 Å². The highest BCUT2D eigenvalue weighted by Gasteiger charge is 2.12. The number of carbonyl (C=O) groups is 1. The van der Waals surface area contributed by atoms with Crippen LogP contribution in [-0.2, 0) is 16.1 Å². The normalized spacial score (nSPS) is 12.2. The van der Waals surface area contributed by atoms with E-state index in [1.807, 2.05) is 31.2 Å². The smallest absolute Gasteiger partial charge is 0.309 e. The number of benzene rings is 1. The van der Waals surface area contributed by atoms with Crippen molar-refractivity contribution in [3.63, 3.8) is 0 Å². The van der Waals surface area contributed by atoms with Crippen LogP contribution in [0.3, 0.4) is 0 Å². The molecule has 0 heterocycles. The number of rotatable bonds is 5. The first-order valence-electron chi connectivity index (χ1n) is 5.17. The van der Waals surface area contributed by atoms with Crippen molar-refractivity contribution >= 4 is 17.6 Å². The molecular formula is C12H16ClNO2. The second-order valence-electron chi connectivity index (χ2n) is 3.65. The first kappa shape index (κ1) is 13.0. The van der Waals surface area contributed by atoms with Crippen molar-refractivity contribution in [1.29, 1.82) is 0 Å². The van der Waals surface area contributed by atoms with Crippen LogP contribution in [-0.4, -0.2) is 19.6 Å². The van der Waals surface area contributed by atoms with Gasteiger partial charge in [0.1, 0.15) is 0 Å². The molecule has 0 aliphatic carbocycles. The largest absolute Gasteiger partial charge is 0.469 e. The lowest BCUT2D eigenvalue weighted by atomic mass is 10.1. The third-order valence-corrected chi connectivity index (χ3v) is 2.70. The van der Waals surface area contributed by atoms with Crippen molar-refractivity contribution in [1.82, 2.24) is 5.32 Å². The summed E-state index contributed by atoms with van der Waals surface area (Å²) >= 11 is 6.00. The molecule has 1 aromatic carbocycles. The van der Waals surface area contributed by atoms with Crippen LogP contribution in [0.15, 0.2) is 24.3 Å². The predicted molar refractivity (Wildman–Crippen MR) is 64.3 cm³/mol. The van der Waals surface area contributed by atoms with Crippen molar-refractivity contribution in [3.05, 3.63) is 34.9 Å². The van der Waals surface area contributed by atoms with Gasteiger partial charge in [0.2, 0.25) is 0 Å². The zero-order chi connectivity index (χ0) is 12.0. The van der Waals surface area contributed by atoms with E-state index in [4.69, 9.17) is 11.6 Å². The summed E-state index contributed by atoms with van der Waals surface area (Å²) in [4.78, 5) is 11.1. The maximum Gasteiger partial charge on any atom is 0.309 e. The molecule has 0 unspecified atom stereocenters. The van der Waals surface area contributed by atoms with Gasteiger partial charge < -0.3 is 10.1 Å². The van der Waals surface area contributed by atoms with Crippen LogP contribution in [0.1, 0.15) is 12.5 Å². The Kier molecular flexibility index (Phi) is 5.29. The zero-order valence-electron chi connectivity index (χ0n) is 9.50. The fourth-order valence-electron chi connectivity index (χ4n) is 1.35. The highest BCUT2D eigenvalue weighted by atomic mass is 35.5. The van der Waals surface area contributed by atoms with E-state index in [0.717, 1.165) is 10.6 Å². The van der Waals surface area contributed by atoms with E-state index in [0.29, 0.717) is 13.1 Å². The van der Waals surface area contributed by atoms with Gasteiger partial charge in [-0.15, -0.1) is 0 Å². The Hall–Kier alpha value is -1.06. The Balaban J connectivity index is 2.36. The highest BCUT2D eigenvalue weighted by molar-refractivity contribution is 6.31. The molecule has 0 aromatic heterocycles. The fourth-order valence-corrected chi connectivity index (χ4v) is 1.55. The van der Waals surface area contributed by atoms with Gasteiger partial charge in [0.05, 0.1) is 13.0 Å². The molecule has 4 heteroatoms. The maximum atomic E-state index is 11.1. The molecule has 1 aromatic rings. The van der Waals surface area contributed by atoms with Crippen molar-refractivity contribution in [3.8, 4) is 0 Å². The number of ether oxygens (including phenoxy) is 1. The first-order valence-corrected chi connectivity index (χ1v) is 5.55. The van der Waals surface area contributed by atoms with Gasteiger partial charge in [-0.25, -0.2) is 0 Å². The highest BCUT2D eigenvalue weighted by Crippen LogP contribution is 2.14. The van der Waals surface area contributed by atoms with Crippen molar-refractivity contribution in [2.45, 2.75) is 13.5 Å². The average Bonchev–Trinajstić information content (AvgIpc) is 2.30. The lowest BCUT2D eigenvalue weighted by molar-refractivity contribution is -0.144. The Labute approximate surface area is 101 Å². The monoisotopic (exact) mass is 241 g/mol. The molecule has 0 amide bonds. The van der Waals surface area contributed by atoms with E-state index in [-0.39, 0.29) is 11.9 Å². The van der Waals surface area contributed by atoms with Gasteiger partial charge in [-0.1, -0.05) is 36.7 Å². The molecule has 0 saturated carbocycles. The summed E-state index contributed by atoms with van der Waals surface area (Å²) in [6, 6.07) is 7.63.